The Hall–Kier alpha value is -1.76. The molecule has 0 radical (unpaired) electrons. The maximum absolute atomic E-state index is 5.82. The number of hydrogen-bond donors (Lipinski definition) is 1. The fraction of sp³-hybridized carbons (Fsp3) is 0.550. The van der Waals surface area contributed by atoms with Gasteiger partial charge in [-0.15, -0.1) is 12.4 Å². The maximum atomic E-state index is 5.82. The van der Waals surface area contributed by atoms with Gasteiger partial charge in [-0.05, 0) is 31.0 Å². The lowest BCUT2D eigenvalue weighted by molar-refractivity contribution is 0.144. The molecule has 1 aromatic carbocycles. The molecule has 2 aromatic rings. The molecule has 1 unspecified atom stereocenters. The van der Waals surface area contributed by atoms with Gasteiger partial charge in [0.1, 0.15) is 5.82 Å². The van der Waals surface area contributed by atoms with Gasteiger partial charge in [-0.1, -0.05) is 13.0 Å². The molecule has 1 N–H and O–H groups in total. The molecule has 7 heteroatoms. The zero-order chi connectivity index (χ0) is 18.4. The summed E-state index contributed by atoms with van der Waals surface area (Å²) in [5, 5.41) is 3.49. The topological polar surface area (TPSA) is 51.5 Å². The minimum absolute atomic E-state index is 0. The Labute approximate surface area is 168 Å². The van der Waals surface area contributed by atoms with Crippen molar-refractivity contribution in [2.24, 2.45) is 7.05 Å². The maximum Gasteiger partial charge on any atom is 0.161 e. The van der Waals surface area contributed by atoms with Crippen molar-refractivity contribution in [2.45, 2.75) is 32.9 Å². The molecule has 0 spiro atoms. The van der Waals surface area contributed by atoms with Crippen molar-refractivity contribution in [1.29, 1.82) is 0 Å². The summed E-state index contributed by atoms with van der Waals surface area (Å²) in [7, 11) is 2.06. The van der Waals surface area contributed by atoms with Crippen LogP contribution in [-0.4, -0.2) is 47.3 Å². The van der Waals surface area contributed by atoms with Gasteiger partial charge in [0.2, 0.25) is 0 Å². The average Bonchev–Trinajstić information content (AvgIpc) is 3.08. The quantitative estimate of drug-likeness (QED) is 0.745. The van der Waals surface area contributed by atoms with Gasteiger partial charge in [-0.3, -0.25) is 4.90 Å². The van der Waals surface area contributed by atoms with Crippen molar-refractivity contribution in [3.05, 3.63) is 42.0 Å². The lowest BCUT2D eigenvalue weighted by Gasteiger charge is -2.35. The van der Waals surface area contributed by atoms with Crippen molar-refractivity contribution in [2.75, 3.05) is 32.8 Å². The summed E-state index contributed by atoms with van der Waals surface area (Å²) in [4.78, 5) is 7.05. The average molecular weight is 395 g/mol. The van der Waals surface area contributed by atoms with Crippen molar-refractivity contribution in [3.8, 4) is 11.5 Å². The van der Waals surface area contributed by atoms with Crippen LogP contribution < -0.4 is 14.8 Å². The molecule has 2 heterocycles. The molecule has 1 aromatic heterocycles. The molecule has 0 saturated carbocycles. The van der Waals surface area contributed by atoms with E-state index in [1.54, 1.807) is 0 Å². The van der Waals surface area contributed by atoms with Crippen molar-refractivity contribution < 1.29 is 9.47 Å². The van der Waals surface area contributed by atoms with Gasteiger partial charge in [-0.25, -0.2) is 4.98 Å². The molecule has 27 heavy (non-hydrogen) atoms. The largest absolute Gasteiger partial charge is 0.490 e. The highest BCUT2D eigenvalue weighted by Gasteiger charge is 2.26. The second-order valence-electron chi connectivity index (χ2n) is 6.65. The van der Waals surface area contributed by atoms with Crippen LogP contribution in [0.4, 0.5) is 0 Å². The molecular weight excluding hydrogens is 364 g/mol. The van der Waals surface area contributed by atoms with E-state index in [4.69, 9.17) is 9.47 Å². The standard InChI is InChI=1S/C20H30N4O2.ClH/c1-4-12-26-18-7-6-16(13-19(18)25-5-2)15-24-11-8-21-14-17(24)20-22-9-10-23(20)3;/h6-7,9-10,13,17,21H,4-5,8,11-12,14-15H2,1-3H3;1H. The zero-order valence-corrected chi connectivity index (χ0v) is 17.3. The van der Waals surface area contributed by atoms with Crippen LogP contribution in [0.15, 0.2) is 30.6 Å². The Morgan fingerprint density at radius 1 is 1.22 bits per heavy atom. The van der Waals surface area contributed by atoms with Gasteiger partial charge in [-0.2, -0.15) is 0 Å². The first-order chi connectivity index (χ1) is 12.7. The van der Waals surface area contributed by atoms with Gasteiger partial charge in [0.05, 0.1) is 19.3 Å². The number of nitrogens with zero attached hydrogens (tertiary/aromatic N) is 3. The minimum Gasteiger partial charge on any atom is -0.490 e. The van der Waals surface area contributed by atoms with Crippen LogP contribution in [0, 0.1) is 0 Å². The number of ether oxygens (including phenoxy) is 2. The predicted molar refractivity (Wildman–Crippen MR) is 110 cm³/mol. The zero-order valence-electron chi connectivity index (χ0n) is 16.5. The van der Waals surface area contributed by atoms with Crippen LogP contribution in [0.5, 0.6) is 11.5 Å². The van der Waals surface area contributed by atoms with Crippen molar-refractivity contribution in [1.82, 2.24) is 19.8 Å². The number of imidazole rings is 1. The molecule has 0 aliphatic carbocycles. The molecule has 1 aliphatic rings. The molecule has 150 valence electrons. The number of aryl methyl sites for hydroxylation is 1. The smallest absolute Gasteiger partial charge is 0.161 e. The molecular formula is C20H31ClN4O2. The first-order valence-electron chi connectivity index (χ1n) is 9.53. The van der Waals surface area contributed by atoms with E-state index in [9.17, 15) is 0 Å². The molecule has 0 amide bonds. The molecule has 6 nitrogen and oxygen atoms in total. The number of rotatable bonds is 8. The second-order valence-corrected chi connectivity index (χ2v) is 6.65. The van der Waals surface area contributed by atoms with E-state index in [0.717, 1.165) is 49.9 Å². The van der Waals surface area contributed by atoms with Crippen LogP contribution in [0.3, 0.4) is 0 Å². The van der Waals surface area contributed by atoms with Gasteiger partial charge < -0.3 is 19.4 Å². The predicted octanol–water partition coefficient (Wildman–Crippen LogP) is 3.18. The van der Waals surface area contributed by atoms with Gasteiger partial charge in [0.25, 0.3) is 0 Å². The molecule has 3 rings (SSSR count). The Morgan fingerprint density at radius 3 is 2.78 bits per heavy atom. The van der Waals surface area contributed by atoms with Crippen LogP contribution >= 0.6 is 12.4 Å². The first-order valence-corrected chi connectivity index (χ1v) is 9.53. The molecule has 1 saturated heterocycles. The van der Waals surface area contributed by atoms with Crippen LogP contribution in [0.2, 0.25) is 0 Å². The third kappa shape index (κ3) is 5.37. The van der Waals surface area contributed by atoms with Crippen LogP contribution in [0.25, 0.3) is 0 Å². The number of halogens is 1. The van der Waals surface area contributed by atoms with Gasteiger partial charge in [0.15, 0.2) is 11.5 Å². The van der Waals surface area contributed by atoms with E-state index in [2.05, 4.69) is 45.9 Å². The van der Waals surface area contributed by atoms with E-state index >= 15 is 0 Å². The molecule has 0 bridgehead atoms. The summed E-state index contributed by atoms with van der Waals surface area (Å²) in [6, 6.07) is 6.57. The second kappa shape index (κ2) is 10.5. The van der Waals surface area contributed by atoms with E-state index in [0.29, 0.717) is 13.2 Å². The number of hydrogen-bond acceptors (Lipinski definition) is 5. The monoisotopic (exact) mass is 394 g/mol. The van der Waals surface area contributed by atoms with Crippen molar-refractivity contribution >= 4 is 12.4 Å². The third-order valence-electron chi connectivity index (χ3n) is 4.67. The SMILES string of the molecule is CCCOc1ccc(CN2CCNCC2c2nccn2C)cc1OCC.Cl. The number of piperazine rings is 1. The number of nitrogens with one attached hydrogen (secondary N) is 1. The first kappa shape index (κ1) is 21.5. The molecule has 1 aliphatic heterocycles. The fourth-order valence-corrected chi connectivity index (χ4v) is 3.37. The lowest BCUT2D eigenvalue weighted by Crippen LogP contribution is -2.46. The Bertz CT molecular complexity index is 707. The molecule has 1 atom stereocenters. The normalized spacial score (nSPS) is 17.4. The Kier molecular flexibility index (Phi) is 8.41. The highest BCUT2D eigenvalue weighted by atomic mass is 35.5. The number of benzene rings is 1. The summed E-state index contributed by atoms with van der Waals surface area (Å²) in [5.74, 6) is 2.77. The van der Waals surface area contributed by atoms with Crippen LogP contribution in [0.1, 0.15) is 37.7 Å². The van der Waals surface area contributed by atoms with E-state index in [-0.39, 0.29) is 18.4 Å². The Balaban J connectivity index is 0.00000261. The summed E-state index contributed by atoms with van der Waals surface area (Å²) in [6.45, 7) is 9.23. The number of aromatic nitrogens is 2. The van der Waals surface area contributed by atoms with Crippen LogP contribution in [-0.2, 0) is 13.6 Å². The summed E-state index contributed by atoms with van der Waals surface area (Å²) in [6.07, 6.45) is 4.86. The summed E-state index contributed by atoms with van der Waals surface area (Å²) in [5.41, 5.74) is 1.23. The minimum atomic E-state index is 0. The lowest BCUT2D eigenvalue weighted by atomic mass is 10.1. The highest BCUT2D eigenvalue weighted by molar-refractivity contribution is 5.85. The van der Waals surface area contributed by atoms with E-state index in [1.807, 2.05) is 25.4 Å². The van der Waals surface area contributed by atoms with E-state index < -0.39 is 0 Å². The Morgan fingerprint density at radius 2 is 2.07 bits per heavy atom. The van der Waals surface area contributed by atoms with Gasteiger partial charge in [0, 0.05) is 45.6 Å². The summed E-state index contributed by atoms with van der Waals surface area (Å²) >= 11 is 0. The molecule has 1 fully saturated rings. The highest BCUT2D eigenvalue weighted by Crippen LogP contribution is 2.30. The summed E-state index contributed by atoms with van der Waals surface area (Å²) < 4.78 is 13.7. The van der Waals surface area contributed by atoms with Crippen molar-refractivity contribution in [3.63, 3.8) is 0 Å². The third-order valence-corrected chi connectivity index (χ3v) is 4.67. The van der Waals surface area contributed by atoms with E-state index in [1.165, 1.54) is 5.56 Å². The van der Waals surface area contributed by atoms with Gasteiger partial charge >= 0.3 is 0 Å². The fourth-order valence-electron chi connectivity index (χ4n) is 3.37.